The lowest BCUT2D eigenvalue weighted by Crippen LogP contribution is -2.33. The summed E-state index contributed by atoms with van der Waals surface area (Å²) in [5.74, 6) is -0.369. The SMILES string of the molecule is CC(CC1CCCCCN1)Nc1ccc(Cl)c(F)c1. The summed E-state index contributed by atoms with van der Waals surface area (Å²) in [5, 5.41) is 7.09. The van der Waals surface area contributed by atoms with E-state index in [0.717, 1.165) is 18.7 Å². The summed E-state index contributed by atoms with van der Waals surface area (Å²) in [4.78, 5) is 0. The standard InChI is InChI=1S/C15H22ClFN2/c1-11(9-12-5-3-2-4-8-18-12)19-13-6-7-14(16)15(17)10-13/h6-7,10-12,18-19H,2-5,8-9H2,1H3. The Bertz CT molecular complexity index is 403. The average molecular weight is 285 g/mol. The van der Waals surface area contributed by atoms with Crippen LogP contribution in [0.2, 0.25) is 5.02 Å². The van der Waals surface area contributed by atoms with Gasteiger partial charge in [-0.05, 0) is 50.9 Å². The number of nitrogens with one attached hydrogen (secondary N) is 2. The van der Waals surface area contributed by atoms with E-state index in [1.807, 2.05) is 6.07 Å². The molecule has 1 saturated heterocycles. The topological polar surface area (TPSA) is 24.1 Å². The van der Waals surface area contributed by atoms with Crippen molar-refractivity contribution in [1.29, 1.82) is 0 Å². The van der Waals surface area contributed by atoms with Crippen molar-refractivity contribution in [2.24, 2.45) is 0 Å². The molecule has 0 radical (unpaired) electrons. The van der Waals surface area contributed by atoms with Crippen LogP contribution >= 0.6 is 11.6 Å². The van der Waals surface area contributed by atoms with Crippen molar-refractivity contribution < 1.29 is 4.39 Å². The summed E-state index contributed by atoms with van der Waals surface area (Å²) < 4.78 is 13.4. The molecule has 1 aliphatic rings. The van der Waals surface area contributed by atoms with Gasteiger partial charge in [0.2, 0.25) is 0 Å². The highest BCUT2D eigenvalue weighted by atomic mass is 35.5. The maximum Gasteiger partial charge on any atom is 0.143 e. The number of halogens is 2. The van der Waals surface area contributed by atoms with E-state index in [-0.39, 0.29) is 10.8 Å². The molecule has 0 amide bonds. The summed E-state index contributed by atoms with van der Waals surface area (Å²) in [6.07, 6.45) is 6.21. The Hall–Kier alpha value is -0.800. The quantitative estimate of drug-likeness (QED) is 0.866. The summed E-state index contributed by atoms with van der Waals surface area (Å²) >= 11 is 5.68. The van der Waals surface area contributed by atoms with Crippen LogP contribution in [0.4, 0.5) is 10.1 Å². The first-order valence-corrected chi connectivity index (χ1v) is 7.48. The molecule has 2 atom stereocenters. The lowest BCUT2D eigenvalue weighted by atomic mass is 10.0. The first kappa shape index (κ1) is 14.6. The van der Waals surface area contributed by atoms with Crippen LogP contribution in [0.5, 0.6) is 0 Å². The molecule has 0 aromatic heterocycles. The van der Waals surface area contributed by atoms with Gasteiger partial charge in [0, 0.05) is 17.8 Å². The Labute approximate surface area is 119 Å². The molecule has 0 aliphatic carbocycles. The van der Waals surface area contributed by atoms with E-state index in [4.69, 9.17) is 11.6 Å². The van der Waals surface area contributed by atoms with Crippen LogP contribution in [0.3, 0.4) is 0 Å². The van der Waals surface area contributed by atoms with Gasteiger partial charge in [-0.3, -0.25) is 0 Å². The minimum Gasteiger partial charge on any atom is -0.382 e. The van der Waals surface area contributed by atoms with Crippen LogP contribution in [-0.4, -0.2) is 18.6 Å². The molecule has 2 N–H and O–H groups in total. The van der Waals surface area contributed by atoms with Gasteiger partial charge in [0.25, 0.3) is 0 Å². The molecule has 2 unspecified atom stereocenters. The van der Waals surface area contributed by atoms with E-state index < -0.39 is 0 Å². The third-order valence-electron chi connectivity index (χ3n) is 3.63. The number of hydrogen-bond donors (Lipinski definition) is 2. The Morgan fingerprint density at radius 3 is 3.05 bits per heavy atom. The molecule has 19 heavy (non-hydrogen) atoms. The molecule has 1 aromatic carbocycles. The smallest absolute Gasteiger partial charge is 0.143 e. The van der Waals surface area contributed by atoms with Crippen molar-refractivity contribution in [3.05, 3.63) is 29.0 Å². The second-order valence-electron chi connectivity index (χ2n) is 5.41. The van der Waals surface area contributed by atoms with Crippen molar-refractivity contribution in [3.63, 3.8) is 0 Å². The highest BCUT2D eigenvalue weighted by Crippen LogP contribution is 2.20. The van der Waals surface area contributed by atoms with Crippen molar-refractivity contribution in [1.82, 2.24) is 5.32 Å². The fourth-order valence-electron chi connectivity index (χ4n) is 2.66. The predicted octanol–water partition coefficient (Wildman–Crippen LogP) is 4.20. The number of benzene rings is 1. The van der Waals surface area contributed by atoms with E-state index in [1.54, 1.807) is 6.07 Å². The predicted molar refractivity (Wildman–Crippen MR) is 79.4 cm³/mol. The molecule has 1 heterocycles. The summed E-state index contributed by atoms with van der Waals surface area (Å²) in [7, 11) is 0. The Morgan fingerprint density at radius 2 is 2.26 bits per heavy atom. The van der Waals surface area contributed by atoms with Gasteiger partial charge in [0.1, 0.15) is 5.82 Å². The molecule has 1 fully saturated rings. The van der Waals surface area contributed by atoms with Crippen LogP contribution in [0, 0.1) is 5.82 Å². The van der Waals surface area contributed by atoms with Crippen LogP contribution in [-0.2, 0) is 0 Å². The second-order valence-corrected chi connectivity index (χ2v) is 5.82. The fraction of sp³-hybridized carbons (Fsp3) is 0.600. The van der Waals surface area contributed by atoms with E-state index in [9.17, 15) is 4.39 Å². The van der Waals surface area contributed by atoms with Crippen molar-refractivity contribution in [3.8, 4) is 0 Å². The normalized spacial score (nSPS) is 21.7. The van der Waals surface area contributed by atoms with Gasteiger partial charge in [-0.15, -0.1) is 0 Å². The monoisotopic (exact) mass is 284 g/mol. The molecule has 106 valence electrons. The first-order valence-electron chi connectivity index (χ1n) is 7.10. The minimum absolute atomic E-state index is 0.170. The van der Waals surface area contributed by atoms with Gasteiger partial charge in [0.05, 0.1) is 5.02 Å². The highest BCUT2D eigenvalue weighted by Gasteiger charge is 2.15. The van der Waals surface area contributed by atoms with Crippen LogP contribution in [0.1, 0.15) is 39.0 Å². The van der Waals surface area contributed by atoms with Crippen molar-refractivity contribution in [2.45, 2.75) is 51.1 Å². The van der Waals surface area contributed by atoms with Gasteiger partial charge >= 0.3 is 0 Å². The molecule has 2 rings (SSSR count). The zero-order valence-electron chi connectivity index (χ0n) is 11.4. The van der Waals surface area contributed by atoms with Crippen LogP contribution in [0.15, 0.2) is 18.2 Å². The number of hydrogen-bond acceptors (Lipinski definition) is 2. The zero-order valence-corrected chi connectivity index (χ0v) is 12.1. The Kier molecular flexibility index (Phi) is 5.46. The second kappa shape index (κ2) is 7.11. The van der Waals surface area contributed by atoms with Gasteiger partial charge in [0.15, 0.2) is 0 Å². The third kappa shape index (κ3) is 4.66. The minimum atomic E-state index is -0.369. The molecule has 1 aliphatic heterocycles. The largest absolute Gasteiger partial charge is 0.382 e. The van der Waals surface area contributed by atoms with Gasteiger partial charge in [-0.2, -0.15) is 0 Å². The maximum atomic E-state index is 13.4. The molecule has 1 aromatic rings. The molecular formula is C15H22ClFN2. The molecule has 4 heteroatoms. The van der Waals surface area contributed by atoms with Crippen molar-refractivity contribution >= 4 is 17.3 Å². The molecular weight excluding hydrogens is 263 g/mol. The molecule has 0 bridgehead atoms. The van der Waals surface area contributed by atoms with E-state index in [2.05, 4.69) is 17.6 Å². The summed E-state index contributed by atoms with van der Waals surface area (Å²) in [6, 6.07) is 5.76. The molecule has 0 saturated carbocycles. The van der Waals surface area contributed by atoms with E-state index >= 15 is 0 Å². The zero-order chi connectivity index (χ0) is 13.7. The lowest BCUT2D eigenvalue weighted by Gasteiger charge is -2.22. The van der Waals surface area contributed by atoms with E-state index in [0.29, 0.717) is 12.1 Å². The van der Waals surface area contributed by atoms with Crippen LogP contribution < -0.4 is 10.6 Å². The maximum absolute atomic E-state index is 13.4. The first-order chi connectivity index (χ1) is 9.15. The molecule has 2 nitrogen and oxygen atoms in total. The third-order valence-corrected chi connectivity index (χ3v) is 3.94. The van der Waals surface area contributed by atoms with Gasteiger partial charge < -0.3 is 10.6 Å². The Morgan fingerprint density at radius 1 is 1.42 bits per heavy atom. The van der Waals surface area contributed by atoms with Gasteiger partial charge in [-0.1, -0.05) is 24.4 Å². The van der Waals surface area contributed by atoms with E-state index in [1.165, 1.54) is 31.7 Å². The molecule has 0 spiro atoms. The Balaban J connectivity index is 1.85. The summed E-state index contributed by atoms with van der Waals surface area (Å²) in [5.41, 5.74) is 0.794. The summed E-state index contributed by atoms with van der Waals surface area (Å²) in [6.45, 7) is 3.26. The number of anilines is 1. The van der Waals surface area contributed by atoms with Crippen LogP contribution in [0.25, 0.3) is 0 Å². The van der Waals surface area contributed by atoms with Gasteiger partial charge in [-0.25, -0.2) is 4.39 Å². The lowest BCUT2D eigenvalue weighted by molar-refractivity contribution is 0.456. The highest BCUT2D eigenvalue weighted by molar-refractivity contribution is 6.30. The fourth-order valence-corrected chi connectivity index (χ4v) is 2.78. The van der Waals surface area contributed by atoms with Crippen molar-refractivity contribution in [2.75, 3.05) is 11.9 Å². The average Bonchev–Trinajstić information content (AvgIpc) is 2.62. The number of rotatable bonds is 4.